The summed E-state index contributed by atoms with van der Waals surface area (Å²) < 4.78 is 0. The van der Waals surface area contributed by atoms with Crippen LogP contribution in [0.1, 0.15) is 47.5 Å². The van der Waals surface area contributed by atoms with E-state index >= 15 is 0 Å². The molecule has 0 bridgehead atoms. The molecule has 0 saturated carbocycles. The Morgan fingerprint density at radius 3 is 2.56 bits per heavy atom. The summed E-state index contributed by atoms with van der Waals surface area (Å²) in [5, 5.41) is 3.39. The highest BCUT2D eigenvalue weighted by atomic mass is 16.2. The number of amides is 1. The van der Waals surface area contributed by atoms with Crippen LogP contribution in [0.2, 0.25) is 0 Å². The van der Waals surface area contributed by atoms with Gasteiger partial charge in [0.25, 0.3) is 0 Å². The Morgan fingerprint density at radius 1 is 1.50 bits per heavy atom. The lowest BCUT2D eigenvalue weighted by Gasteiger charge is -2.41. The number of carbonyl (C=O) groups excluding carboxylic acids is 1. The molecule has 0 aromatic heterocycles. The molecule has 1 heterocycles. The average Bonchev–Trinajstić information content (AvgIpc) is 2.17. The summed E-state index contributed by atoms with van der Waals surface area (Å²) in [5.41, 5.74) is 0.0810. The standard InChI is InChI=1S/C13H26N2O/c1-6-15(10(2)3)12(16)11-13(4,5)8-7-9-14-11/h10-11,14H,6-9H2,1-5H3. The third-order valence-corrected chi connectivity index (χ3v) is 3.62. The third-order valence-electron chi connectivity index (χ3n) is 3.62. The van der Waals surface area contributed by atoms with E-state index in [1.807, 2.05) is 11.8 Å². The number of nitrogens with zero attached hydrogens (tertiary/aromatic N) is 1. The predicted molar refractivity (Wildman–Crippen MR) is 67.3 cm³/mol. The van der Waals surface area contributed by atoms with Crippen molar-refractivity contribution in [2.24, 2.45) is 5.41 Å². The molecule has 1 N–H and O–H groups in total. The van der Waals surface area contributed by atoms with Crippen LogP contribution in [0.15, 0.2) is 0 Å². The number of hydrogen-bond acceptors (Lipinski definition) is 2. The van der Waals surface area contributed by atoms with Crippen LogP contribution in [0.4, 0.5) is 0 Å². The van der Waals surface area contributed by atoms with Gasteiger partial charge in [0.05, 0.1) is 6.04 Å². The lowest BCUT2D eigenvalue weighted by molar-refractivity contribution is -0.138. The minimum atomic E-state index is -0.0106. The fraction of sp³-hybridized carbons (Fsp3) is 0.923. The predicted octanol–water partition coefficient (Wildman–Crippen LogP) is 2.02. The molecule has 1 aliphatic rings. The zero-order chi connectivity index (χ0) is 12.3. The summed E-state index contributed by atoms with van der Waals surface area (Å²) in [6.45, 7) is 12.4. The first kappa shape index (κ1) is 13.5. The van der Waals surface area contributed by atoms with Crippen LogP contribution in [0.5, 0.6) is 0 Å². The molecule has 1 fully saturated rings. The number of piperidine rings is 1. The van der Waals surface area contributed by atoms with E-state index in [-0.39, 0.29) is 23.4 Å². The summed E-state index contributed by atoms with van der Waals surface area (Å²) in [6.07, 6.45) is 2.30. The van der Waals surface area contributed by atoms with Crippen molar-refractivity contribution in [2.75, 3.05) is 13.1 Å². The second-order valence-corrected chi connectivity index (χ2v) is 5.70. The van der Waals surface area contributed by atoms with Gasteiger partial charge in [-0.1, -0.05) is 13.8 Å². The molecule has 0 spiro atoms. The van der Waals surface area contributed by atoms with E-state index in [2.05, 4.69) is 33.0 Å². The molecule has 1 rings (SSSR count). The first-order valence-electron chi connectivity index (χ1n) is 6.44. The van der Waals surface area contributed by atoms with E-state index in [0.29, 0.717) is 0 Å². The van der Waals surface area contributed by atoms with Crippen molar-refractivity contribution in [3.63, 3.8) is 0 Å². The van der Waals surface area contributed by atoms with Gasteiger partial charge in [-0.15, -0.1) is 0 Å². The molecule has 1 saturated heterocycles. The van der Waals surface area contributed by atoms with E-state index in [9.17, 15) is 4.79 Å². The molecule has 0 aromatic carbocycles. The minimum Gasteiger partial charge on any atom is -0.339 e. The first-order valence-corrected chi connectivity index (χ1v) is 6.44. The molecule has 3 nitrogen and oxygen atoms in total. The van der Waals surface area contributed by atoms with Crippen molar-refractivity contribution >= 4 is 5.91 Å². The van der Waals surface area contributed by atoms with Gasteiger partial charge in [-0.25, -0.2) is 0 Å². The van der Waals surface area contributed by atoms with E-state index in [4.69, 9.17) is 0 Å². The van der Waals surface area contributed by atoms with Crippen molar-refractivity contribution in [1.82, 2.24) is 10.2 Å². The van der Waals surface area contributed by atoms with Gasteiger partial charge in [-0.2, -0.15) is 0 Å². The van der Waals surface area contributed by atoms with Gasteiger partial charge in [0, 0.05) is 12.6 Å². The Labute approximate surface area is 99.6 Å². The van der Waals surface area contributed by atoms with Gasteiger partial charge < -0.3 is 10.2 Å². The maximum Gasteiger partial charge on any atom is 0.240 e. The Kier molecular flexibility index (Phi) is 4.36. The van der Waals surface area contributed by atoms with Gasteiger partial charge >= 0.3 is 0 Å². The van der Waals surface area contributed by atoms with Crippen LogP contribution >= 0.6 is 0 Å². The lowest BCUT2D eigenvalue weighted by atomic mass is 9.77. The number of rotatable bonds is 3. The SMILES string of the molecule is CCN(C(=O)C1NCCCC1(C)C)C(C)C. The molecule has 16 heavy (non-hydrogen) atoms. The van der Waals surface area contributed by atoms with Crippen molar-refractivity contribution in [2.45, 2.75) is 59.5 Å². The molecule has 0 aromatic rings. The molecule has 0 aliphatic carbocycles. The largest absolute Gasteiger partial charge is 0.339 e. The topological polar surface area (TPSA) is 32.3 Å². The van der Waals surface area contributed by atoms with Crippen molar-refractivity contribution < 1.29 is 4.79 Å². The maximum atomic E-state index is 12.4. The zero-order valence-electron chi connectivity index (χ0n) is 11.3. The number of hydrogen-bond donors (Lipinski definition) is 1. The minimum absolute atomic E-state index is 0.0106. The lowest BCUT2D eigenvalue weighted by Crippen LogP contribution is -2.57. The molecule has 0 radical (unpaired) electrons. The van der Waals surface area contributed by atoms with Crippen LogP contribution in [-0.4, -0.2) is 36.0 Å². The van der Waals surface area contributed by atoms with E-state index < -0.39 is 0 Å². The molecular formula is C13H26N2O. The van der Waals surface area contributed by atoms with Gasteiger partial charge in [0.15, 0.2) is 0 Å². The van der Waals surface area contributed by atoms with E-state index in [1.165, 1.54) is 6.42 Å². The first-order chi connectivity index (χ1) is 7.40. The molecular weight excluding hydrogens is 200 g/mol. The molecule has 1 atom stereocenters. The zero-order valence-corrected chi connectivity index (χ0v) is 11.3. The molecule has 94 valence electrons. The summed E-state index contributed by atoms with van der Waals surface area (Å²) in [6, 6.07) is 0.278. The van der Waals surface area contributed by atoms with Crippen LogP contribution in [0, 0.1) is 5.41 Å². The molecule has 1 amide bonds. The van der Waals surface area contributed by atoms with E-state index in [0.717, 1.165) is 19.5 Å². The normalized spacial score (nSPS) is 24.5. The highest BCUT2D eigenvalue weighted by Gasteiger charge is 2.39. The van der Waals surface area contributed by atoms with Crippen molar-refractivity contribution in [1.29, 1.82) is 0 Å². The average molecular weight is 226 g/mol. The Hall–Kier alpha value is -0.570. The molecule has 3 heteroatoms. The van der Waals surface area contributed by atoms with Gasteiger partial charge in [0.1, 0.15) is 0 Å². The van der Waals surface area contributed by atoms with Gasteiger partial charge in [-0.05, 0) is 45.6 Å². The van der Waals surface area contributed by atoms with Gasteiger partial charge in [0.2, 0.25) is 5.91 Å². The van der Waals surface area contributed by atoms with Crippen molar-refractivity contribution in [3.05, 3.63) is 0 Å². The number of carbonyl (C=O) groups is 1. The summed E-state index contributed by atoms with van der Waals surface area (Å²) in [5.74, 6) is 0.266. The fourth-order valence-electron chi connectivity index (χ4n) is 2.57. The third kappa shape index (κ3) is 2.76. The monoisotopic (exact) mass is 226 g/mol. The van der Waals surface area contributed by atoms with Crippen LogP contribution in [0.3, 0.4) is 0 Å². The smallest absolute Gasteiger partial charge is 0.240 e. The fourth-order valence-corrected chi connectivity index (χ4v) is 2.57. The Bertz CT molecular complexity index is 248. The van der Waals surface area contributed by atoms with Gasteiger partial charge in [-0.3, -0.25) is 4.79 Å². The second-order valence-electron chi connectivity index (χ2n) is 5.70. The number of nitrogens with one attached hydrogen (secondary N) is 1. The highest BCUT2D eigenvalue weighted by molar-refractivity contribution is 5.83. The highest BCUT2D eigenvalue weighted by Crippen LogP contribution is 2.31. The summed E-state index contributed by atoms with van der Waals surface area (Å²) in [7, 11) is 0. The Balaban J connectivity index is 2.78. The Morgan fingerprint density at radius 2 is 2.12 bits per heavy atom. The summed E-state index contributed by atoms with van der Waals surface area (Å²) >= 11 is 0. The van der Waals surface area contributed by atoms with Crippen LogP contribution in [0.25, 0.3) is 0 Å². The maximum absolute atomic E-state index is 12.4. The summed E-state index contributed by atoms with van der Waals surface area (Å²) in [4.78, 5) is 14.4. The molecule has 1 unspecified atom stereocenters. The van der Waals surface area contributed by atoms with Crippen LogP contribution in [-0.2, 0) is 4.79 Å². The quantitative estimate of drug-likeness (QED) is 0.798. The molecule has 1 aliphatic heterocycles. The second kappa shape index (κ2) is 5.17. The number of likely N-dealkylation sites (N-methyl/N-ethyl adjacent to an activating group) is 1. The van der Waals surface area contributed by atoms with Crippen LogP contribution < -0.4 is 5.32 Å². The van der Waals surface area contributed by atoms with Crippen molar-refractivity contribution in [3.8, 4) is 0 Å². The van der Waals surface area contributed by atoms with E-state index in [1.54, 1.807) is 0 Å².